The Hall–Kier alpha value is -2.22. The van der Waals surface area contributed by atoms with Gasteiger partial charge in [0.1, 0.15) is 6.04 Å². The highest BCUT2D eigenvalue weighted by atomic mass is 32.2. The second kappa shape index (κ2) is 18.5. The molecule has 0 rings (SSSR count). The van der Waals surface area contributed by atoms with Gasteiger partial charge in [-0.1, -0.05) is 42.4 Å². The van der Waals surface area contributed by atoms with Crippen LogP contribution in [-0.4, -0.2) is 52.3 Å². The lowest BCUT2D eigenvalue weighted by atomic mass is 10.1. The number of aliphatic carboxylic acids is 2. The Morgan fingerprint density at radius 1 is 0.903 bits per heavy atom. The first-order chi connectivity index (χ1) is 14.1. The average Bonchev–Trinajstić information content (AvgIpc) is 2.63. The highest BCUT2D eigenvalue weighted by Gasteiger charge is 2.19. The summed E-state index contributed by atoms with van der Waals surface area (Å²) >= 11 is 1.43. The topological polar surface area (TPSA) is 116 Å². The van der Waals surface area contributed by atoms with Crippen molar-refractivity contribution in [2.24, 2.45) is 0 Å². The molecule has 7 nitrogen and oxygen atoms in total. The zero-order valence-electron chi connectivity index (χ0n) is 18.5. The molecule has 1 atom stereocenters. The molecule has 0 aliphatic heterocycles. The van der Waals surface area contributed by atoms with Gasteiger partial charge in [0.15, 0.2) is 0 Å². The van der Waals surface area contributed by atoms with E-state index in [4.69, 9.17) is 5.11 Å². The second-order valence-corrected chi connectivity index (χ2v) is 8.51. The highest BCUT2D eigenvalue weighted by Crippen LogP contribution is 2.13. The zero-order chi connectivity index (χ0) is 22.9. The van der Waals surface area contributed by atoms with Crippen molar-refractivity contribution in [1.82, 2.24) is 10.6 Å². The molecule has 0 aromatic rings. The van der Waals surface area contributed by atoms with Crippen LogP contribution in [-0.2, 0) is 9.59 Å². The summed E-state index contributed by atoms with van der Waals surface area (Å²) in [5.74, 6) is -1.25. The van der Waals surface area contributed by atoms with E-state index >= 15 is 0 Å². The van der Waals surface area contributed by atoms with E-state index in [0.717, 1.165) is 25.7 Å². The summed E-state index contributed by atoms with van der Waals surface area (Å²) in [5, 5.41) is 22.5. The van der Waals surface area contributed by atoms with Gasteiger partial charge in [-0.05, 0) is 53.4 Å². The fourth-order valence-electron chi connectivity index (χ4n) is 2.39. The molecule has 2 amide bonds. The smallest absolute Gasteiger partial charge is 0.327 e. The summed E-state index contributed by atoms with van der Waals surface area (Å²) in [7, 11) is 0. The standard InChI is InChI=1S/C22H36N2O5S.CH4/c1-16(2)7-5-8-17(3)9-6-10-18(4)12-14-30-15-19(21(27)28)24-22(29)23-13-11-20(25)26;/h7,9,12,19H,5-6,8,10-11,13-15H2,1-4H3,(H,25,26)(H,27,28)(H2,23,24,29);1H4/b17-9+,18-12+;/t19-;/m0./s1. The molecule has 0 aromatic heterocycles. The predicted molar refractivity (Wildman–Crippen MR) is 130 cm³/mol. The fourth-order valence-corrected chi connectivity index (χ4v) is 3.39. The molecular weight excluding hydrogens is 416 g/mol. The van der Waals surface area contributed by atoms with Gasteiger partial charge >= 0.3 is 18.0 Å². The number of rotatable bonds is 15. The van der Waals surface area contributed by atoms with Crippen LogP contribution in [0.25, 0.3) is 0 Å². The van der Waals surface area contributed by atoms with Crippen LogP contribution in [0, 0.1) is 0 Å². The number of carbonyl (C=O) groups is 3. The van der Waals surface area contributed by atoms with E-state index < -0.39 is 24.0 Å². The Morgan fingerprint density at radius 3 is 2.03 bits per heavy atom. The van der Waals surface area contributed by atoms with Crippen LogP contribution in [0.3, 0.4) is 0 Å². The molecule has 0 bridgehead atoms. The van der Waals surface area contributed by atoms with E-state index in [1.165, 1.54) is 28.5 Å². The normalized spacial score (nSPS) is 12.4. The van der Waals surface area contributed by atoms with Crippen LogP contribution in [0.1, 0.15) is 67.2 Å². The Kier molecular flexibility index (Phi) is 18.5. The maximum Gasteiger partial charge on any atom is 0.327 e. The predicted octanol–water partition coefficient (Wildman–Crippen LogP) is 5.00. The third-order valence-electron chi connectivity index (χ3n) is 4.18. The van der Waals surface area contributed by atoms with Crippen LogP contribution in [0.5, 0.6) is 0 Å². The van der Waals surface area contributed by atoms with Crippen molar-refractivity contribution < 1.29 is 24.6 Å². The first kappa shape index (κ1) is 31.0. The quantitative estimate of drug-likeness (QED) is 0.203. The molecule has 31 heavy (non-hydrogen) atoms. The van der Waals surface area contributed by atoms with Crippen molar-refractivity contribution in [2.45, 2.75) is 73.3 Å². The van der Waals surface area contributed by atoms with Crippen LogP contribution >= 0.6 is 11.8 Å². The lowest BCUT2D eigenvalue weighted by Gasteiger charge is -2.14. The number of hydrogen-bond acceptors (Lipinski definition) is 4. The minimum Gasteiger partial charge on any atom is -0.481 e. The van der Waals surface area contributed by atoms with Crippen molar-refractivity contribution in [3.8, 4) is 0 Å². The van der Waals surface area contributed by atoms with Crippen LogP contribution in [0.15, 0.2) is 34.9 Å². The van der Waals surface area contributed by atoms with Gasteiger partial charge in [0.05, 0.1) is 6.42 Å². The molecule has 0 aromatic carbocycles. The molecule has 0 spiro atoms. The van der Waals surface area contributed by atoms with Gasteiger partial charge in [-0.2, -0.15) is 11.8 Å². The van der Waals surface area contributed by atoms with E-state index in [1.807, 2.05) is 0 Å². The number of carboxylic acid groups (broad SMARTS) is 2. The van der Waals surface area contributed by atoms with Crippen LogP contribution < -0.4 is 10.6 Å². The first-order valence-electron chi connectivity index (χ1n) is 10.1. The molecule has 0 radical (unpaired) electrons. The van der Waals surface area contributed by atoms with Crippen LogP contribution in [0.4, 0.5) is 4.79 Å². The molecule has 0 saturated carbocycles. The molecule has 0 unspecified atom stereocenters. The van der Waals surface area contributed by atoms with Gasteiger partial charge in [-0.3, -0.25) is 4.79 Å². The Labute approximate surface area is 191 Å². The van der Waals surface area contributed by atoms with Gasteiger partial charge in [-0.25, -0.2) is 9.59 Å². The molecule has 178 valence electrons. The van der Waals surface area contributed by atoms with Gasteiger partial charge < -0.3 is 20.8 Å². The minimum atomic E-state index is -1.12. The number of allylic oxidation sites excluding steroid dienone is 5. The van der Waals surface area contributed by atoms with Gasteiger partial charge in [0, 0.05) is 18.1 Å². The number of carboxylic acids is 2. The van der Waals surface area contributed by atoms with Crippen LogP contribution in [0.2, 0.25) is 0 Å². The number of urea groups is 1. The average molecular weight is 457 g/mol. The van der Waals surface area contributed by atoms with Crippen molar-refractivity contribution >= 4 is 29.7 Å². The number of thioether (sulfide) groups is 1. The third kappa shape index (κ3) is 19.5. The van der Waals surface area contributed by atoms with Crippen molar-refractivity contribution in [3.63, 3.8) is 0 Å². The lowest BCUT2D eigenvalue weighted by Crippen LogP contribution is -2.47. The Bertz CT molecular complexity index is 652. The summed E-state index contributed by atoms with van der Waals surface area (Å²) in [6, 6.07) is -1.71. The molecular formula is C23H40N2O5S. The molecule has 0 aliphatic carbocycles. The zero-order valence-corrected chi connectivity index (χ0v) is 19.3. The summed E-state index contributed by atoms with van der Waals surface area (Å²) in [5.41, 5.74) is 3.99. The minimum absolute atomic E-state index is 0. The van der Waals surface area contributed by atoms with Crippen molar-refractivity contribution in [3.05, 3.63) is 34.9 Å². The fraction of sp³-hybridized carbons (Fsp3) is 0.609. The molecule has 0 heterocycles. The summed E-state index contributed by atoms with van der Waals surface area (Å²) in [6.07, 6.45) is 10.5. The van der Waals surface area contributed by atoms with Crippen molar-refractivity contribution in [1.29, 1.82) is 0 Å². The summed E-state index contributed by atoms with van der Waals surface area (Å²) in [4.78, 5) is 33.4. The van der Waals surface area contributed by atoms with Gasteiger partial charge in [0.25, 0.3) is 0 Å². The third-order valence-corrected chi connectivity index (χ3v) is 5.16. The largest absolute Gasteiger partial charge is 0.481 e. The maximum absolute atomic E-state index is 11.6. The summed E-state index contributed by atoms with van der Waals surface area (Å²) in [6.45, 7) is 8.39. The van der Waals surface area contributed by atoms with Crippen molar-refractivity contribution in [2.75, 3.05) is 18.1 Å². The molecule has 4 N–H and O–H groups in total. The van der Waals surface area contributed by atoms with E-state index in [2.05, 4.69) is 56.6 Å². The molecule has 0 saturated heterocycles. The Morgan fingerprint density at radius 2 is 1.48 bits per heavy atom. The molecule has 0 aliphatic rings. The summed E-state index contributed by atoms with van der Waals surface area (Å²) < 4.78 is 0. The number of amides is 2. The maximum atomic E-state index is 11.6. The van der Waals surface area contributed by atoms with E-state index in [0.29, 0.717) is 5.75 Å². The highest BCUT2D eigenvalue weighted by molar-refractivity contribution is 7.99. The molecule has 0 fully saturated rings. The number of carbonyl (C=O) groups excluding carboxylic acids is 1. The monoisotopic (exact) mass is 456 g/mol. The Balaban J connectivity index is 0. The van der Waals surface area contributed by atoms with E-state index in [-0.39, 0.29) is 26.1 Å². The van der Waals surface area contributed by atoms with E-state index in [9.17, 15) is 19.5 Å². The van der Waals surface area contributed by atoms with E-state index in [1.54, 1.807) is 0 Å². The first-order valence-corrected chi connectivity index (χ1v) is 11.3. The molecule has 8 heteroatoms. The second-order valence-electron chi connectivity index (χ2n) is 7.43. The SMILES string of the molecule is C.CC(C)=CCC/C(C)=C/CC/C(C)=C/CSC[C@H](NC(=O)NCCC(=O)O)C(=O)O. The number of nitrogens with one attached hydrogen (secondary N) is 2. The lowest BCUT2D eigenvalue weighted by molar-refractivity contribution is -0.139. The number of hydrogen-bond donors (Lipinski definition) is 4. The van der Waals surface area contributed by atoms with Gasteiger partial charge in [-0.15, -0.1) is 0 Å². The van der Waals surface area contributed by atoms with Gasteiger partial charge in [0.2, 0.25) is 0 Å².